The fourth-order valence-corrected chi connectivity index (χ4v) is 2.78. The molecule has 0 bridgehead atoms. The fraction of sp³-hybridized carbons (Fsp3) is 0. The van der Waals surface area contributed by atoms with Gasteiger partial charge in [-0.15, -0.1) is 0 Å². The molecule has 1 N–H and O–H groups in total. The number of anilines is 2. The molecule has 4 aromatic rings. The van der Waals surface area contributed by atoms with Crippen LogP contribution >= 0.6 is 11.6 Å². The lowest BCUT2D eigenvalue weighted by Gasteiger charge is -2.11. The molecule has 22 heavy (non-hydrogen) atoms. The molecule has 0 aliphatic carbocycles. The van der Waals surface area contributed by atoms with Crippen LogP contribution < -0.4 is 5.32 Å². The highest BCUT2D eigenvalue weighted by Crippen LogP contribution is 2.29. The van der Waals surface area contributed by atoms with Gasteiger partial charge in [0.05, 0.1) is 5.52 Å². The summed E-state index contributed by atoms with van der Waals surface area (Å²) in [5.74, 6) is 0.715. The maximum Gasteiger partial charge on any atom is 0.224 e. The zero-order chi connectivity index (χ0) is 14.9. The summed E-state index contributed by atoms with van der Waals surface area (Å²) in [4.78, 5) is 8.60. The average Bonchev–Trinajstić information content (AvgIpc) is 2.55. The largest absolute Gasteiger partial charge is 0.339 e. The van der Waals surface area contributed by atoms with Crippen molar-refractivity contribution in [2.75, 3.05) is 5.32 Å². The summed E-state index contributed by atoms with van der Waals surface area (Å²) in [6, 6.07) is 22.2. The zero-order valence-electron chi connectivity index (χ0n) is 11.6. The first-order chi connectivity index (χ1) is 10.8. The molecule has 4 rings (SSSR count). The van der Waals surface area contributed by atoms with Crippen LogP contribution in [0.2, 0.25) is 5.28 Å². The molecule has 0 aliphatic heterocycles. The van der Waals surface area contributed by atoms with Crippen LogP contribution in [0.5, 0.6) is 0 Å². The van der Waals surface area contributed by atoms with Gasteiger partial charge in [0.25, 0.3) is 0 Å². The minimum Gasteiger partial charge on any atom is -0.339 e. The maximum atomic E-state index is 6.05. The number of nitrogens with one attached hydrogen (secondary N) is 1. The number of aromatic nitrogens is 2. The van der Waals surface area contributed by atoms with Crippen molar-refractivity contribution in [1.82, 2.24) is 9.97 Å². The highest BCUT2D eigenvalue weighted by molar-refractivity contribution is 6.28. The van der Waals surface area contributed by atoms with Crippen molar-refractivity contribution in [3.8, 4) is 0 Å². The molecule has 1 heterocycles. The second-order valence-electron chi connectivity index (χ2n) is 5.01. The van der Waals surface area contributed by atoms with Crippen LogP contribution in [0.15, 0.2) is 66.7 Å². The maximum absolute atomic E-state index is 6.05. The molecule has 0 radical (unpaired) electrons. The molecule has 0 atom stereocenters. The van der Waals surface area contributed by atoms with E-state index >= 15 is 0 Å². The number of nitrogens with zero attached hydrogens (tertiary/aromatic N) is 2. The van der Waals surface area contributed by atoms with Crippen molar-refractivity contribution in [1.29, 1.82) is 0 Å². The van der Waals surface area contributed by atoms with E-state index in [0.29, 0.717) is 5.82 Å². The van der Waals surface area contributed by atoms with Crippen LogP contribution in [-0.2, 0) is 0 Å². The van der Waals surface area contributed by atoms with Gasteiger partial charge in [-0.2, -0.15) is 4.98 Å². The summed E-state index contributed by atoms with van der Waals surface area (Å²) in [5, 5.41) is 6.90. The Morgan fingerprint density at radius 2 is 1.45 bits per heavy atom. The van der Waals surface area contributed by atoms with Crippen LogP contribution in [0.4, 0.5) is 11.5 Å². The number of halogens is 1. The highest BCUT2D eigenvalue weighted by atomic mass is 35.5. The summed E-state index contributed by atoms with van der Waals surface area (Å²) in [6.07, 6.45) is 0. The SMILES string of the molecule is Clc1nc(Nc2cccc3ccccc23)c2ccccc2n1. The molecule has 0 spiro atoms. The summed E-state index contributed by atoms with van der Waals surface area (Å²) in [5.41, 5.74) is 1.82. The summed E-state index contributed by atoms with van der Waals surface area (Å²) in [7, 11) is 0. The van der Waals surface area contributed by atoms with Crippen LogP contribution in [-0.4, -0.2) is 9.97 Å². The van der Waals surface area contributed by atoms with Gasteiger partial charge in [-0.3, -0.25) is 0 Å². The Kier molecular flexibility index (Phi) is 3.13. The van der Waals surface area contributed by atoms with E-state index in [2.05, 4.69) is 33.5 Å². The normalized spacial score (nSPS) is 11.0. The average molecular weight is 306 g/mol. The highest BCUT2D eigenvalue weighted by Gasteiger charge is 2.08. The number of rotatable bonds is 2. The summed E-state index contributed by atoms with van der Waals surface area (Å²) < 4.78 is 0. The molecule has 0 saturated heterocycles. The topological polar surface area (TPSA) is 37.8 Å². The van der Waals surface area contributed by atoms with Gasteiger partial charge in [-0.25, -0.2) is 4.98 Å². The summed E-state index contributed by atoms with van der Waals surface area (Å²) in [6.45, 7) is 0. The van der Waals surface area contributed by atoms with Crippen molar-refractivity contribution >= 4 is 44.8 Å². The molecule has 0 fully saturated rings. The van der Waals surface area contributed by atoms with E-state index in [4.69, 9.17) is 11.6 Å². The third-order valence-corrected chi connectivity index (χ3v) is 3.79. The van der Waals surface area contributed by atoms with Gasteiger partial charge < -0.3 is 5.32 Å². The predicted molar refractivity (Wildman–Crippen MR) is 91.8 cm³/mol. The molecule has 3 aromatic carbocycles. The lowest BCUT2D eigenvalue weighted by molar-refractivity contribution is 1.22. The van der Waals surface area contributed by atoms with E-state index in [1.807, 2.05) is 48.5 Å². The van der Waals surface area contributed by atoms with Crippen molar-refractivity contribution in [3.63, 3.8) is 0 Å². The van der Waals surface area contributed by atoms with Crippen LogP contribution in [0, 0.1) is 0 Å². The van der Waals surface area contributed by atoms with E-state index in [1.54, 1.807) is 0 Å². The second-order valence-corrected chi connectivity index (χ2v) is 5.35. The Morgan fingerprint density at radius 1 is 0.727 bits per heavy atom. The van der Waals surface area contributed by atoms with E-state index < -0.39 is 0 Å². The van der Waals surface area contributed by atoms with E-state index in [1.165, 1.54) is 5.39 Å². The van der Waals surface area contributed by atoms with Crippen LogP contribution in [0.3, 0.4) is 0 Å². The Hall–Kier alpha value is -2.65. The first kappa shape index (κ1) is 13.0. The molecule has 106 valence electrons. The van der Waals surface area contributed by atoms with Gasteiger partial charge in [0, 0.05) is 16.5 Å². The third-order valence-electron chi connectivity index (χ3n) is 3.62. The number of fused-ring (bicyclic) bond motifs is 2. The molecule has 0 aliphatic rings. The lowest BCUT2D eigenvalue weighted by atomic mass is 10.1. The molecule has 1 aromatic heterocycles. The van der Waals surface area contributed by atoms with Crippen LogP contribution in [0.25, 0.3) is 21.7 Å². The molecule has 0 saturated carbocycles. The number of benzene rings is 3. The van der Waals surface area contributed by atoms with E-state index in [-0.39, 0.29) is 5.28 Å². The quantitative estimate of drug-likeness (QED) is 0.518. The van der Waals surface area contributed by atoms with Crippen molar-refractivity contribution in [2.45, 2.75) is 0 Å². The number of hydrogen-bond acceptors (Lipinski definition) is 3. The van der Waals surface area contributed by atoms with E-state index in [0.717, 1.165) is 22.0 Å². The molecule has 3 nitrogen and oxygen atoms in total. The minimum atomic E-state index is 0.237. The second kappa shape index (κ2) is 5.28. The molecular formula is C18H12ClN3. The lowest BCUT2D eigenvalue weighted by Crippen LogP contribution is -1.97. The smallest absolute Gasteiger partial charge is 0.224 e. The summed E-state index contributed by atoms with van der Waals surface area (Å²) >= 11 is 6.05. The first-order valence-electron chi connectivity index (χ1n) is 6.98. The number of hydrogen-bond donors (Lipinski definition) is 1. The first-order valence-corrected chi connectivity index (χ1v) is 7.36. The van der Waals surface area contributed by atoms with Crippen LogP contribution in [0.1, 0.15) is 0 Å². The number of para-hydroxylation sites is 1. The Morgan fingerprint density at radius 3 is 2.36 bits per heavy atom. The fourth-order valence-electron chi connectivity index (χ4n) is 2.61. The van der Waals surface area contributed by atoms with Gasteiger partial charge >= 0.3 is 0 Å². The van der Waals surface area contributed by atoms with Gasteiger partial charge in [-0.1, -0.05) is 48.5 Å². The molecule has 4 heteroatoms. The Bertz CT molecular complexity index is 977. The minimum absolute atomic E-state index is 0.237. The van der Waals surface area contributed by atoms with Gasteiger partial charge in [0.15, 0.2) is 0 Å². The van der Waals surface area contributed by atoms with E-state index in [9.17, 15) is 0 Å². The molecular weight excluding hydrogens is 294 g/mol. The van der Waals surface area contributed by atoms with Gasteiger partial charge in [0.1, 0.15) is 5.82 Å². The van der Waals surface area contributed by atoms with Gasteiger partial charge in [0.2, 0.25) is 5.28 Å². The zero-order valence-corrected chi connectivity index (χ0v) is 12.4. The Labute approximate surface area is 132 Å². The molecule has 0 unspecified atom stereocenters. The van der Waals surface area contributed by atoms with Crippen molar-refractivity contribution < 1.29 is 0 Å². The Balaban J connectivity index is 1.90. The molecule has 0 amide bonds. The van der Waals surface area contributed by atoms with Gasteiger partial charge in [-0.05, 0) is 35.2 Å². The monoisotopic (exact) mass is 305 g/mol. The predicted octanol–water partition coefficient (Wildman–Crippen LogP) is 5.18. The van der Waals surface area contributed by atoms with Crippen molar-refractivity contribution in [2.24, 2.45) is 0 Å². The van der Waals surface area contributed by atoms with Crippen molar-refractivity contribution in [3.05, 3.63) is 72.0 Å². The standard InChI is InChI=1S/C18H12ClN3/c19-18-21-16-10-4-3-9-14(16)17(22-18)20-15-11-5-7-12-6-1-2-8-13(12)15/h1-11H,(H,20,21,22). The third kappa shape index (κ3) is 2.26.